The third kappa shape index (κ3) is 5.07. The second-order valence-electron chi connectivity index (χ2n) is 6.22. The van der Waals surface area contributed by atoms with Gasteiger partial charge >= 0.3 is 0 Å². The molecule has 0 saturated carbocycles. The van der Waals surface area contributed by atoms with Gasteiger partial charge in [0.2, 0.25) is 5.91 Å². The number of rotatable bonds is 7. The predicted octanol–water partition coefficient (Wildman–Crippen LogP) is 1.85. The van der Waals surface area contributed by atoms with Gasteiger partial charge in [-0.15, -0.1) is 0 Å². The summed E-state index contributed by atoms with van der Waals surface area (Å²) in [5.74, 6) is 0.888. The Hall–Kier alpha value is -2.93. The van der Waals surface area contributed by atoms with E-state index in [-0.39, 0.29) is 18.4 Å². The second kappa shape index (κ2) is 9.32. The topological polar surface area (TPSA) is 79.9 Å². The summed E-state index contributed by atoms with van der Waals surface area (Å²) in [4.78, 5) is 26.2. The fraction of sp³-hybridized carbons (Fsp3) is 0.300. The Morgan fingerprint density at radius 1 is 1.21 bits per heavy atom. The molecule has 2 amide bonds. The van der Waals surface area contributed by atoms with E-state index in [1.54, 1.807) is 37.4 Å². The number of fused-ring (bicyclic) bond motifs is 1. The maximum absolute atomic E-state index is 12.4. The van der Waals surface area contributed by atoms with Crippen LogP contribution in [-0.4, -0.2) is 51.2 Å². The van der Waals surface area contributed by atoms with E-state index in [4.69, 9.17) is 21.1 Å². The highest BCUT2D eigenvalue weighted by Crippen LogP contribution is 2.32. The molecule has 1 atom stereocenters. The molecule has 3 rings (SSSR count). The molecule has 28 heavy (non-hydrogen) atoms. The first-order valence-corrected chi connectivity index (χ1v) is 9.32. The Kier molecular flexibility index (Phi) is 6.60. The van der Waals surface area contributed by atoms with Crippen molar-refractivity contribution in [2.24, 2.45) is 0 Å². The lowest BCUT2D eigenvalue weighted by molar-refractivity contribution is -0.127. The van der Waals surface area contributed by atoms with Crippen molar-refractivity contribution >= 4 is 29.1 Å². The average Bonchev–Trinajstić information content (AvgIpc) is 2.71. The third-order valence-corrected chi connectivity index (χ3v) is 4.49. The van der Waals surface area contributed by atoms with Gasteiger partial charge in [0.15, 0.2) is 6.10 Å². The lowest BCUT2D eigenvalue weighted by atomic mass is 10.1. The first-order chi connectivity index (χ1) is 13.6. The zero-order chi connectivity index (χ0) is 19.9. The lowest BCUT2D eigenvalue weighted by Crippen LogP contribution is -2.50. The largest absolute Gasteiger partial charge is 0.492 e. The fourth-order valence-electron chi connectivity index (χ4n) is 2.87. The number of nitrogens with zero attached hydrogens (tertiary/aromatic N) is 1. The maximum atomic E-state index is 12.4. The van der Waals surface area contributed by atoms with Crippen LogP contribution in [0.5, 0.6) is 11.5 Å². The van der Waals surface area contributed by atoms with Gasteiger partial charge in [-0.3, -0.25) is 9.59 Å². The zero-order valence-corrected chi connectivity index (χ0v) is 16.2. The van der Waals surface area contributed by atoms with Gasteiger partial charge in [0.1, 0.15) is 18.1 Å². The summed E-state index contributed by atoms with van der Waals surface area (Å²) < 4.78 is 11.3. The number of para-hydroxylation sites is 2. The fourth-order valence-corrected chi connectivity index (χ4v) is 3.00. The molecule has 0 aliphatic carbocycles. The summed E-state index contributed by atoms with van der Waals surface area (Å²) >= 11 is 5.83. The maximum Gasteiger partial charge on any atom is 0.262 e. The summed E-state index contributed by atoms with van der Waals surface area (Å²) in [5, 5.41) is 6.05. The molecule has 1 aliphatic rings. The van der Waals surface area contributed by atoms with Gasteiger partial charge in [-0.25, -0.2) is 0 Å². The number of carbonyl (C=O) groups excluding carboxylic acids is 2. The molecule has 2 N–H and O–H groups in total. The molecule has 7 nitrogen and oxygen atoms in total. The van der Waals surface area contributed by atoms with E-state index in [1.807, 2.05) is 23.1 Å². The molecule has 8 heteroatoms. The smallest absolute Gasteiger partial charge is 0.262 e. The Labute approximate surface area is 168 Å². The first kappa shape index (κ1) is 19.8. The number of ether oxygens (including phenoxy) is 2. The van der Waals surface area contributed by atoms with Crippen molar-refractivity contribution in [1.82, 2.24) is 10.6 Å². The van der Waals surface area contributed by atoms with Crippen LogP contribution >= 0.6 is 11.6 Å². The van der Waals surface area contributed by atoms with Crippen LogP contribution in [0.15, 0.2) is 48.5 Å². The van der Waals surface area contributed by atoms with Crippen molar-refractivity contribution in [3.05, 3.63) is 53.6 Å². The molecule has 1 heterocycles. The molecule has 0 radical (unpaired) electrons. The van der Waals surface area contributed by atoms with E-state index in [9.17, 15) is 9.59 Å². The van der Waals surface area contributed by atoms with Crippen LogP contribution in [0.3, 0.4) is 0 Å². The van der Waals surface area contributed by atoms with Gasteiger partial charge in [0.25, 0.3) is 5.91 Å². The minimum absolute atomic E-state index is 0.120. The minimum Gasteiger partial charge on any atom is -0.492 e. The SMILES string of the molecule is CNC(=O)[C@@H]1CN(CC(=O)NCCOc2ccc(Cl)cc2)c2ccccc2O1. The number of nitrogens with one attached hydrogen (secondary N) is 2. The Morgan fingerprint density at radius 2 is 1.96 bits per heavy atom. The van der Waals surface area contributed by atoms with Gasteiger partial charge in [-0.1, -0.05) is 23.7 Å². The van der Waals surface area contributed by atoms with Crippen LogP contribution in [0.2, 0.25) is 5.02 Å². The minimum atomic E-state index is -0.666. The zero-order valence-electron chi connectivity index (χ0n) is 15.5. The number of benzene rings is 2. The number of halogens is 1. The van der Waals surface area contributed by atoms with E-state index in [1.165, 1.54) is 0 Å². The van der Waals surface area contributed by atoms with Crippen LogP contribution < -0.4 is 25.0 Å². The lowest BCUT2D eigenvalue weighted by Gasteiger charge is -2.34. The van der Waals surface area contributed by atoms with Crippen molar-refractivity contribution in [2.45, 2.75) is 6.10 Å². The molecule has 0 aromatic heterocycles. The number of amides is 2. The second-order valence-corrected chi connectivity index (χ2v) is 6.66. The summed E-state index contributed by atoms with van der Waals surface area (Å²) in [6.45, 7) is 1.13. The number of hydrogen-bond donors (Lipinski definition) is 2. The highest BCUT2D eigenvalue weighted by molar-refractivity contribution is 6.30. The van der Waals surface area contributed by atoms with Crippen LogP contribution in [0.4, 0.5) is 5.69 Å². The van der Waals surface area contributed by atoms with E-state index in [0.717, 1.165) is 5.69 Å². The van der Waals surface area contributed by atoms with E-state index < -0.39 is 6.10 Å². The van der Waals surface area contributed by atoms with Gasteiger partial charge in [-0.2, -0.15) is 0 Å². The van der Waals surface area contributed by atoms with Crippen LogP contribution in [-0.2, 0) is 9.59 Å². The van der Waals surface area contributed by atoms with Gasteiger partial charge in [0, 0.05) is 12.1 Å². The number of hydrogen-bond acceptors (Lipinski definition) is 5. The van der Waals surface area contributed by atoms with Gasteiger partial charge in [-0.05, 0) is 36.4 Å². The van der Waals surface area contributed by atoms with E-state index in [2.05, 4.69) is 10.6 Å². The van der Waals surface area contributed by atoms with Crippen LogP contribution in [0, 0.1) is 0 Å². The molecule has 0 fully saturated rings. The molecule has 1 aliphatic heterocycles. The van der Waals surface area contributed by atoms with Gasteiger partial charge < -0.3 is 25.0 Å². The Morgan fingerprint density at radius 3 is 2.71 bits per heavy atom. The molecule has 0 saturated heterocycles. The number of carbonyl (C=O) groups is 2. The molecular formula is C20H22ClN3O4. The quantitative estimate of drug-likeness (QED) is 0.690. The van der Waals surface area contributed by atoms with Crippen LogP contribution in [0.1, 0.15) is 0 Å². The van der Waals surface area contributed by atoms with Crippen molar-refractivity contribution < 1.29 is 19.1 Å². The van der Waals surface area contributed by atoms with Crippen molar-refractivity contribution in [3.8, 4) is 11.5 Å². The molecule has 148 valence electrons. The van der Waals surface area contributed by atoms with E-state index in [0.29, 0.717) is 36.2 Å². The van der Waals surface area contributed by atoms with E-state index >= 15 is 0 Å². The average molecular weight is 404 g/mol. The molecule has 0 unspecified atom stereocenters. The highest BCUT2D eigenvalue weighted by atomic mass is 35.5. The summed E-state index contributed by atoms with van der Waals surface area (Å²) in [5.41, 5.74) is 0.787. The summed E-state index contributed by atoms with van der Waals surface area (Å²) in [6.07, 6.45) is -0.666. The Balaban J connectivity index is 1.52. The number of anilines is 1. The monoisotopic (exact) mass is 403 g/mol. The standard InChI is InChI=1S/C20H22ClN3O4/c1-22-20(26)18-12-24(16-4-2-3-5-17(16)28-18)13-19(25)23-10-11-27-15-8-6-14(21)7-9-15/h2-9,18H,10-13H2,1H3,(H,22,26)(H,23,25)/t18-/m0/s1. The van der Waals surface area contributed by atoms with Crippen molar-refractivity contribution in [1.29, 1.82) is 0 Å². The summed E-state index contributed by atoms with van der Waals surface area (Å²) in [7, 11) is 1.56. The first-order valence-electron chi connectivity index (χ1n) is 8.94. The molecule has 0 spiro atoms. The normalized spacial score (nSPS) is 15.2. The number of likely N-dealkylation sites (N-methyl/N-ethyl adjacent to an activating group) is 1. The van der Waals surface area contributed by atoms with Crippen LogP contribution in [0.25, 0.3) is 0 Å². The third-order valence-electron chi connectivity index (χ3n) is 4.24. The molecule has 2 aromatic rings. The highest BCUT2D eigenvalue weighted by Gasteiger charge is 2.30. The predicted molar refractivity (Wildman–Crippen MR) is 107 cm³/mol. The van der Waals surface area contributed by atoms with Gasteiger partial charge in [0.05, 0.1) is 25.3 Å². The molecular weight excluding hydrogens is 382 g/mol. The van der Waals surface area contributed by atoms with Crippen molar-refractivity contribution in [3.63, 3.8) is 0 Å². The Bertz CT molecular complexity index is 828. The van der Waals surface area contributed by atoms with Crippen molar-refractivity contribution in [2.75, 3.05) is 38.2 Å². The summed E-state index contributed by atoms with van der Waals surface area (Å²) in [6, 6.07) is 14.4. The molecule has 2 aromatic carbocycles. The molecule has 0 bridgehead atoms.